The van der Waals surface area contributed by atoms with Gasteiger partial charge in [0.2, 0.25) is 11.8 Å². The predicted molar refractivity (Wildman–Crippen MR) is 116 cm³/mol. The molecule has 0 radical (unpaired) electrons. The number of nitrogens with one attached hydrogen (secondary N) is 3. The van der Waals surface area contributed by atoms with Gasteiger partial charge in [0.15, 0.2) is 5.17 Å². The van der Waals surface area contributed by atoms with Crippen molar-refractivity contribution in [3.63, 3.8) is 0 Å². The molecule has 1 fully saturated rings. The molecule has 0 bridgehead atoms. The Morgan fingerprint density at radius 3 is 2.80 bits per heavy atom. The number of para-hydroxylation sites is 1. The molecule has 1 aliphatic heterocycles. The van der Waals surface area contributed by atoms with E-state index < -0.39 is 23.2 Å². The second-order valence-corrected chi connectivity index (χ2v) is 8.15. The first-order valence-corrected chi connectivity index (χ1v) is 10.2. The Morgan fingerprint density at radius 1 is 1.30 bits per heavy atom. The number of amides is 2. The molecule has 3 N–H and O–H groups in total. The molecule has 9 nitrogen and oxygen atoms in total. The summed E-state index contributed by atoms with van der Waals surface area (Å²) < 4.78 is 4.85. The molecule has 1 aromatic heterocycles. The van der Waals surface area contributed by atoms with Crippen molar-refractivity contribution in [2.24, 2.45) is 10.2 Å². The number of methoxy groups -OCH3 is 1. The van der Waals surface area contributed by atoms with Gasteiger partial charge in [-0.1, -0.05) is 30.0 Å². The number of aromatic amines is 1. The second-order valence-electron chi connectivity index (χ2n) is 6.96. The largest absolute Gasteiger partial charge is 0.467 e. The fourth-order valence-corrected chi connectivity index (χ4v) is 3.93. The van der Waals surface area contributed by atoms with Crippen molar-refractivity contribution in [2.45, 2.75) is 38.0 Å². The summed E-state index contributed by atoms with van der Waals surface area (Å²) in [5.74, 6) is -1.29. The summed E-state index contributed by atoms with van der Waals surface area (Å²) in [4.78, 5) is 40.1. The van der Waals surface area contributed by atoms with Crippen LogP contribution in [0.3, 0.4) is 0 Å². The third-order valence-corrected chi connectivity index (χ3v) is 5.48. The number of amidine groups is 1. The second kappa shape index (κ2) is 9.57. The highest BCUT2D eigenvalue weighted by molar-refractivity contribution is 8.15. The topological polar surface area (TPSA) is 125 Å². The first-order valence-electron chi connectivity index (χ1n) is 9.36. The van der Waals surface area contributed by atoms with E-state index in [2.05, 4.69) is 25.8 Å². The number of H-pyrrole nitrogens is 1. The maximum Gasteiger partial charge on any atom is 0.328 e. The Kier molecular flexibility index (Phi) is 6.88. The average molecular weight is 430 g/mol. The fraction of sp³-hybridized carbons (Fsp3) is 0.350. The SMILES string of the molecule is COC(=O)C(Cc1c[nH]c2ccccc12)NC(=O)CC1SC(=NN=C(C)C)NC1=O. The first-order chi connectivity index (χ1) is 14.4. The van der Waals surface area contributed by atoms with Crippen molar-refractivity contribution >= 4 is 51.3 Å². The number of aromatic nitrogens is 1. The van der Waals surface area contributed by atoms with E-state index >= 15 is 0 Å². The van der Waals surface area contributed by atoms with Gasteiger partial charge in [0.25, 0.3) is 0 Å². The quantitative estimate of drug-likeness (QED) is 0.351. The number of rotatable bonds is 7. The summed E-state index contributed by atoms with van der Waals surface area (Å²) in [6.45, 7) is 3.58. The van der Waals surface area contributed by atoms with E-state index in [0.29, 0.717) is 5.17 Å². The smallest absolute Gasteiger partial charge is 0.328 e. The molecule has 0 spiro atoms. The highest BCUT2D eigenvalue weighted by atomic mass is 32.2. The molecule has 2 heterocycles. The monoisotopic (exact) mass is 429 g/mol. The summed E-state index contributed by atoms with van der Waals surface area (Å²) in [5, 5.41) is 13.8. The van der Waals surface area contributed by atoms with E-state index in [1.54, 1.807) is 13.8 Å². The third kappa shape index (κ3) is 5.26. The number of hydrogen-bond acceptors (Lipinski definition) is 7. The minimum atomic E-state index is -0.864. The molecule has 1 aliphatic rings. The van der Waals surface area contributed by atoms with Crippen molar-refractivity contribution in [1.29, 1.82) is 0 Å². The Labute approximate surface area is 177 Å². The minimum absolute atomic E-state index is 0.0915. The molecular weight excluding hydrogens is 406 g/mol. The maximum absolute atomic E-state index is 12.6. The number of esters is 1. The number of hydrogen-bond donors (Lipinski definition) is 3. The molecule has 2 atom stereocenters. The lowest BCUT2D eigenvalue weighted by molar-refractivity contribution is -0.145. The van der Waals surface area contributed by atoms with Gasteiger partial charge in [0.05, 0.1) is 7.11 Å². The number of ether oxygens (including phenoxy) is 1. The van der Waals surface area contributed by atoms with Gasteiger partial charge in [0, 0.05) is 35.7 Å². The normalized spacial score (nSPS) is 18.2. The lowest BCUT2D eigenvalue weighted by atomic mass is 10.0. The van der Waals surface area contributed by atoms with E-state index in [1.807, 2.05) is 30.5 Å². The standard InChI is InChI=1S/C20H23N5O4S/c1-11(2)24-25-20-23-18(27)16(30-20)9-17(26)22-15(19(28)29-3)8-12-10-21-14-7-5-4-6-13(12)14/h4-7,10,15-16,21H,8-9H2,1-3H3,(H,22,26)(H,23,25,27). The van der Waals surface area contributed by atoms with E-state index in [-0.39, 0.29) is 18.7 Å². The molecule has 158 valence electrons. The number of benzene rings is 1. The molecular formula is C20H23N5O4S. The minimum Gasteiger partial charge on any atom is -0.467 e. The van der Waals surface area contributed by atoms with Crippen LogP contribution in [0.4, 0.5) is 0 Å². The van der Waals surface area contributed by atoms with Crippen molar-refractivity contribution in [3.05, 3.63) is 36.0 Å². The van der Waals surface area contributed by atoms with Gasteiger partial charge in [-0.2, -0.15) is 5.10 Å². The van der Waals surface area contributed by atoms with Gasteiger partial charge in [-0.15, -0.1) is 5.10 Å². The summed E-state index contributed by atoms with van der Waals surface area (Å²) in [5.41, 5.74) is 2.58. The molecule has 3 rings (SSSR count). The molecule has 2 aromatic rings. The van der Waals surface area contributed by atoms with Crippen LogP contribution >= 0.6 is 11.8 Å². The third-order valence-electron chi connectivity index (χ3n) is 4.41. The van der Waals surface area contributed by atoms with Crippen LogP contribution in [0, 0.1) is 0 Å². The summed E-state index contributed by atoms with van der Waals surface area (Å²) in [6, 6.07) is 6.83. The van der Waals surface area contributed by atoms with Gasteiger partial charge in [0.1, 0.15) is 11.3 Å². The van der Waals surface area contributed by atoms with Crippen LogP contribution in [0.5, 0.6) is 0 Å². The van der Waals surface area contributed by atoms with Crippen LogP contribution < -0.4 is 10.6 Å². The van der Waals surface area contributed by atoms with Gasteiger partial charge >= 0.3 is 5.97 Å². The molecule has 0 saturated carbocycles. The van der Waals surface area contributed by atoms with Crippen LogP contribution in [-0.2, 0) is 25.5 Å². The van der Waals surface area contributed by atoms with Crippen LogP contribution in [0.1, 0.15) is 25.8 Å². The zero-order valence-corrected chi connectivity index (χ0v) is 17.7. The van der Waals surface area contributed by atoms with Gasteiger partial charge < -0.3 is 20.4 Å². The van der Waals surface area contributed by atoms with Crippen molar-refractivity contribution in [3.8, 4) is 0 Å². The Hall–Kier alpha value is -3.14. The summed E-state index contributed by atoms with van der Waals surface area (Å²) in [6.07, 6.45) is 1.99. The molecule has 1 saturated heterocycles. The number of nitrogens with zero attached hydrogens (tertiary/aromatic N) is 2. The fourth-order valence-electron chi connectivity index (χ4n) is 3.01. The van der Waals surface area contributed by atoms with Crippen molar-refractivity contribution in [2.75, 3.05) is 7.11 Å². The number of carbonyl (C=O) groups excluding carboxylic acids is 3. The Balaban J connectivity index is 1.66. The van der Waals surface area contributed by atoms with E-state index in [0.717, 1.165) is 33.9 Å². The first kappa shape index (κ1) is 21.6. The molecule has 10 heteroatoms. The van der Waals surface area contributed by atoms with Crippen LogP contribution in [0.25, 0.3) is 10.9 Å². The van der Waals surface area contributed by atoms with E-state index in [1.165, 1.54) is 7.11 Å². The highest BCUT2D eigenvalue weighted by Crippen LogP contribution is 2.23. The Bertz CT molecular complexity index is 1030. The number of fused-ring (bicyclic) bond motifs is 1. The van der Waals surface area contributed by atoms with Gasteiger partial charge in [-0.25, -0.2) is 4.79 Å². The Morgan fingerprint density at radius 2 is 2.07 bits per heavy atom. The number of thioether (sulfide) groups is 1. The maximum atomic E-state index is 12.6. The molecule has 0 aliphatic carbocycles. The number of carbonyl (C=O) groups is 3. The molecule has 2 unspecified atom stereocenters. The summed E-state index contributed by atoms with van der Waals surface area (Å²) in [7, 11) is 1.27. The summed E-state index contributed by atoms with van der Waals surface area (Å²) >= 11 is 1.14. The highest BCUT2D eigenvalue weighted by Gasteiger charge is 2.33. The molecule has 30 heavy (non-hydrogen) atoms. The van der Waals surface area contributed by atoms with Gasteiger partial charge in [-0.05, 0) is 25.5 Å². The van der Waals surface area contributed by atoms with Crippen LogP contribution in [-0.4, -0.2) is 52.0 Å². The lowest BCUT2D eigenvalue weighted by Crippen LogP contribution is -2.44. The van der Waals surface area contributed by atoms with Crippen LogP contribution in [0.15, 0.2) is 40.7 Å². The predicted octanol–water partition coefficient (Wildman–Crippen LogP) is 1.74. The van der Waals surface area contributed by atoms with E-state index in [4.69, 9.17) is 4.74 Å². The zero-order chi connectivity index (χ0) is 21.7. The molecule has 2 amide bonds. The van der Waals surface area contributed by atoms with Crippen molar-refractivity contribution < 1.29 is 19.1 Å². The lowest BCUT2D eigenvalue weighted by Gasteiger charge is -2.17. The van der Waals surface area contributed by atoms with E-state index in [9.17, 15) is 14.4 Å². The van der Waals surface area contributed by atoms with Gasteiger partial charge in [-0.3, -0.25) is 9.59 Å². The molecule has 1 aromatic carbocycles. The van der Waals surface area contributed by atoms with Crippen molar-refractivity contribution in [1.82, 2.24) is 15.6 Å². The zero-order valence-electron chi connectivity index (χ0n) is 16.9. The average Bonchev–Trinajstić information content (AvgIpc) is 3.28. The van der Waals surface area contributed by atoms with Crippen LogP contribution in [0.2, 0.25) is 0 Å².